The van der Waals surface area contributed by atoms with Crippen molar-refractivity contribution >= 4 is 6.08 Å². The van der Waals surface area contributed by atoms with Gasteiger partial charge in [-0.2, -0.15) is 4.68 Å². The Kier molecular flexibility index (Phi) is 7.19. The van der Waals surface area contributed by atoms with Crippen LogP contribution in [0.5, 0.6) is 0 Å². The van der Waals surface area contributed by atoms with E-state index in [1.807, 2.05) is 4.68 Å². The predicted octanol–water partition coefficient (Wildman–Crippen LogP) is 4.96. The van der Waals surface area contributed by atoms with Crippen LogP contribution < -0.4 is 0 Å². The average molecular weight is 491 g/mol. The van der Waals surface area contributed by atoms with Crippen LogP contribution in [0, 0.1) is 0 Å². The molecule has 1 fully saturated rings. The molecule has 1 atom stereocenters. The summed E-state index contributed by atoms with van der Waals surface area (Å²) in [5.41, 5.74) is 6.48. The van der Waals surface area contributed by atoms with E-state index < -0.39 is 0 Å². The summed E-state index contributed by atoms with van der Waals surface area (Å²) in [4.78, 5) is 5.07. The lowest BCUT2D eigenvalue weighted by atomic mass is 9.90. The van der Waals surface area contributed by atoms with E-state index in [2.05, 4.69) is 116 Å². The van der Waals surface area contributed by atoms with E-state index in [9.17, 15) is 0 Å². The lowest BCUT2D eigenvalue weighted by Crippen LogP contribution is -2.48. The zero-order valence-corrected chi connectivity index (χ0v) is 21.3. The Morgan fingerprint density at radius 2 is 1.54 bits per heavy atom. The topological polar surface area (TPSA) is 50.1 Å². The van der Waals surface area contributed by atoms with Crippen LogP contribution in [0.15, 0.2) is 84.9 Å². The van der Waals surface area contributed by atoms with Gasteiger partial charge >= 0.3 is 0 Å². The number of piperazine rings is 1. The number of aromatic nitrogens is 4. The highest BCUT2D eigenvalue weighted by atomic mass is 15.6. The van der Waals surface area contributed by atoms with Crippen LogP contribution in [0.1, 0.15) is 47.0 Å². The van der Waals surface area contributed by atoms with Crippen molar-refractivity contribution < 1.29 is 0 Å². The molecule has 0 amide bonds. The summed E-state index contributed by atoms with van der Waals surface area (Å²) in [6, 6.07) is 27.9. The molecule has 6 rings (SSSR count). The Bertz CT molecular complexity index is 1320. The fourth-order valence-corrected chi connectivity index (χ4v) is 5.76. The molecular weight excluding hydrogens is 456 g/mol. The van der Waals surface area contributed by atoms with Crippen molar-refractivity contribution in [3.63, 3.8) is 0 Å². The maximum atomic E-state index is 4.63. The highest BCUT2D eigenvalue weighted by molar-refractivity contribution is 5.49. The first-order valence-electron chi connectivity index (χ1n) is 13.5. The molecule has 6 heteroatoms. The van der Waals surface area contributed by atoms with Gasteiger partial charge in [0.1, 0.15) is 0 Å². The molecule has 0 unspecified atom stereocenters. The van der Waals surface area contributed by atoms with E-state index in [4.69, 9.17) is 0 Å². The van der Waals surface area contributed by atoms with E-state index in [1.54, 1.807) is 0 Å². The van der Waals surface area contributed by atoms with Crippen LogP contribution in [0.3, 0.4) is 0 Å². The minimum Gasteiger partial charge on any atom is -0.297 e. The van der Waals surface area contributed by atoms with E-state index in [-0.39, 0.29) is 6.04 Å². The third-order valence-corrected chi connectivity index (χ3v) is 7.70. The van der Waals surface area contributed by atoms with E-state index in [1.165, 1.54) is 35.1 Å². The summed E-state index contributed by atoms with van der Waals surface area (Å²) in [6.45, 7) is 4.94. The van der Waals surface area contributed by atoms with Gasteiger partial charge in [0.2, 0.25) is 0 Å². The standard InChI is InChI=1S/C31H34N6/c1-3-11-25(12-4-1)13-10-20-35-21-23-36(24-22-35)30(27-15-5-2-6-16-27)31-32-33-34-37(31)29-19-9-17-26-14-7-8-18-28(26)29/h1-6,9-13,15-17,19,30H,7-8,14,18,20-24H2/b13-10+/t30-/m0/s1. The molecule has 1 aliphatic carbocycles. The molecular formula is C31H34N6. The monoisotopic (exact) mass is 490 g/mol. The van der Waals surface area contributed by atoms with Crippen molar-refractivity contribution in [3.05, 3.63) is 113 Å². The molecule has 4 aromatic rings. The number of fused-ring (bicyclic) bond motifs is 1. The summed E-state index contributed by atoms with van der Waals surface area (Å²) in [5.74, 6) is 0.905. The summed E-state index contributed by atoms with van der Waals surface area (Å²) < 4.78 is 2.01. The molecule has 1 aromatic heterocycles. The van der Waals surface area contributed by atoms with Crippen LogP contribution in [0.25, 0.3) is 11.8 Å². The maximum Gasteiger partial charge on any atom is 0.178 e. The van der Waals surface area contributed by atoms with E-state index in [0.29, 0.717) is 0 Å². The Morgan fingerprint density at radius 1 is 0.784 bits per heavy atom. The quantitative estimate of drug-likeness (QED) is 0.366. The predicted molar refractivity (Wildman–Crippen MR) is 148 cm³/mol. The van der Waals surface area contributed by atoms with Crippen molar-refractivity contribution in [2.45, 2.75) is 31.7 Å². The van der Waals surface area contributed by atoms with Gasteiger partial charge in [0, 0.05) is 32.7 Å². The van der Waals surface area contributed by atoms with Crippen LogP contribution in [-0.4, -0.2) is 62.7 Å². The van der Waals surface area contributed by atoms with Crippen molar-refractivity contribution in [1.82, 2.24) is 30.0 Å². The highest BCUT2D eigenvalue weighted by Crippen LogP contribution is 2.32. The fourth-order valence-electron chi connectivity index (χ4n) is 5.76. The van der Waals surface area contributed by atoms with Gasteiger partial charge in [0.15, 0.2) is 5.82 Å². The first kappa shape index (κ1) is 23.8. The number of hydrogen-bond acceptors (Lipinski definition) is 5. The first-order chi connectivity index (χ1) is 18.4. The lowest BCUT2D eigenvalue weighted by Gasteiger charge is -2.38. The van der Waals surface area contributed by atoms with Gasteiger partial charge in [-0.3, -0.25) is 9.80 Å². The van der Waals surface area contributed by atoms with E-state index in [0.717, 1.165) is 57.1 Å². The summed E-state index contributed by atoms with van der Waals surface area (Å²) >= 11 is 0. The minimum atomic E-state index is 0.0117. The van der Waals surface area contributed by atoms with Crippen molar-refractivity contribution in [1.29, 1.82) is 0 Å². The third-order valence-electron chi connectivity index (χ3n) is 7.70. The zero-order chi connectivity index (χ0) is 24.9. The lowest BCUT2D eigenvalue weighted by molar-refractivity contribution is 0.113. The molecule has 1 saturated heterocycles. The van der Waals surface area contributed by atoms with E-state index >= 15 is 0 Å². The molecule has 6 nitrogen and oxygen atoms in total. The largest absolute Gasteiger partial charge is 0.297 e. The highest BCUT2D eigenvalue weighted by Gasteiger charge is 2.31. The smallest absolute Gasteiger partial charge is 0.178 e. The molecule has 0 radical (unpaired) electrons. The Balaban J connectivity index is 1.24. The van der Waals surface area contributed by atoms with Crippen LogP contribution >= 0.6 is 0 Å². The number of tetrazole rings is 1. The molecule has 2 heterocycles. The summed E-state index contributed by atoms with van der Waals surface area (Å²) in [6.07, 6.45) is 9.21. The van der Waals surface area contributed by atoms with Gasteiger partial charge in [-0.15, -0.1) is 5.10 Å². The van der Waals surface area contributed by atoms with Crippen molar-refractivity contribution in [2.75, 3.05) is 32.7 Å². The molecule has 0 bridgehead atoms. The summed E-state index contributed by atoms with van der Waals surface area (Å²) in [7, 11) is 0. The van der Waals surface area contributed by atoms with Gasteiger partial charge in [0.25, 0.3) is 0 Å². The Hall–Kier alpha value is -3.61. The number of nitrogens with zero attached hydrogens (tertiary/aromatic N) is 6. The van der Waals surface area contributed by atoms with Crippen molar-refractivity contribution in [3.8, 4) is 5.69 Å². The average Bonchev–Trinajstić information content (AvgIpc) is 3.44. The summed E-state index contributed by atoms with van der Waals surface area (Å²) in [5, 5.41) is 13.4. The Labute approximate surface area is 219 Å². The molecule has 1 aliphatic heterocycles. The molecule has 0 N–H and O–H groups in total. The molecule has 0 saturated carbocycles. The second kappa shape index (κ2) is 11.2. The fraction of sp³-hybridized carbons (Fsp3) is 0.323. The molecule has 2 aliphatic rings. The molecule has 3 aromatic carbocycles. The molecule has 188 valence electrons. The first-order valence-corrected chi connectivity index (χ1v) is 13.5. The number of hydrogen-bond donors (Lipinski definition) is 0. The Morgan fingerprint density at radius 3 is 2.35 bits per heavy atom. The van der Waals surface area contributed by atoms with Crippen LogP contribution in [-0.2, 0) is 12.8 Å². The van der Waals surface area contributed by atoms with Gasteiger partial charge < -0.3 is 0 Å². The van der Waals surface area contributed by atoms with Crippen molar-refractivity contribution in [2.24, 2.45) is 0 Å². The van der Waals surface area contributed by atoms with Crippen LogP contribution in [0.4, 0.5) is 0 Å². The minimum absolute atomic E-state index is 0.0117. The van der Waals surface area contributed by atoms with Gasteiger partial charge in [-0.25, -0.2) is 0 Å². The third kappa shape index (κ3) is 5.26. The molecule has 37 heavy (non-hydrogen) atoms. The normalized spacial score (nSPS) is 17.6. The second-order valence-electron chi connectivity index (χ2n) is 10.0. The van der Waals surface area contributed by atoms with Crippen LogP contribution in [0.2, 0.25) is 0 Å². The van der Waals surface area contributed by atoms with Gasteiger partial charge in [0.05, 0.1) is 11.7 Å². The number of aryl methyl sites for hydroxylation is 1. The zero-order valence-electron chi connectivity index (χ0n) is 21.3. The second-order valence-corrected chi connectivity index (χ2v) is 10.0. The van der Waals surface area contributed by atoms with Gasteiger partial charge in [-0.1, -0.05) is 84.9 Å². The maximum absolute atomic E-state index is 4.63. The van der Waals surface area contributed by atoms with Gasteiger partial charge in [-0.05, 0) is 64.4 Å². The number of benzene rings is 3. The molecule has 0 spiro atoms. The SMILES string of the molecule is C(=C\c1ccccc1)/CN1CCN([C@@H](c2ccccc2)c2nnnn2-c2cccc3c2CCCC3)CC1. The number of rotatable bonds is 7.